The van der Waals surface area contributed by atoms with Gasteiger partial charge in [-0.25, -0.2) is 4.39 Å². The molecule has 0 aliphatic carbocycles. The summed E-state index contributed by atoms with van der Waals surface area (Å²) in [6.45, 7) is 2.66. The summed E-state index contributed by atoms with van der Waals surface area (Å²) in [5.41, 5.74) is 0.934. The molecule has 0 aromatic heterocycles. The lowest BCUT2D eigenvalue weighted by molar-refractivity contribution is 0.154. The van der Waals surface area contributed by atoms with Crippen LogP contribution in [0.25, 0.3) is 0 Å². The second kappa shape index (κ2) is 5.45. The molecule has 0 fully saturated rings. The zero-order valence-electron chi connectivity index (χ0n) is 8.87. The van der Waals surface area contributed by atoms with Crippen LogP contribution in [0.2, 0.25) is 5.02 Å². The van der Waals surface area contributed by atoms with E-state index in [-0.39, 0.29) is 17.7 Å². The second-order valence-electron chi connectivity index (χ2n) is 3.70. The maximum Gasteiger partial charge on any atom is 0.141 e. The summed E-state index contributed by atoms with van der Waals surface area (Å²) in [4.78, 5) is 1.98. The zero-order chi connectivity index (χ0) is 11.4. The number of aliphatic hydroxyl groups is 1. The highest BCUT2D eigenvalue weighted by molar-refractivity contribution is 6.30. The van der Waals surface area contributed by atoms with Gasteiger partial charge in [-0.3, -0.25) is 4.90 Å². The van der Waals surface area contributed by atoms with Crippen molar-refractivity contribution in [2.75, 3.05) is 13.7 Å². The Balaban J connectivity index is 2.68. The van der Waals surface area contributed by atoms with Gasteiger partial charge in [-0.05, 0) is 31.7 Å². The SMILES string of the molecule is CC(CO)N(C)Cc1ccc(F)c(Cl)c1. The van der Waals surface area contributed by atoms with Crippen LogP contribution in [0, 0.1) is 5.82 Å². The normalized spacial score (nSPS) is 13.2. The predicted octanol–water partition coefficient (Wildman–Crippen LogP) is 2.29. The molecule has 0 aliphatic rings. The van der Waals surface area contributed by atoms with Crippen LogP contribution in [0.4, 0.5) is 4.39 Å². The molecular formula is C11H15ClFNO. The highest BCUT2D eigenvalue weighted by Crippen LogP contribution is 2.17. The van der Waals surface area contributed by atoms with Gasteiger partial charge in [0.05, 0.1) is 11.6 Å². The maximum absolute atomic E-state index is 12.9. The topological polar surface area (TPSA) is 23.5 Å². The van der Waals surface area contributed by atoms with Gasteiger partial charge in [0, 0.05) is 12.6 Å². The van der Waals surface area contributed by atoms with Crippen molar-refractivity contribution in [3.63, 3.8) is 0 Å². The largest absolute Gasteiger partial charge is 0.395 e. The molecule has 1 aromatic rings. The van der Waals surface area contributed by atoms with Crippen LogP contribution in [-0.4, -0.2) is 29.7 Å². The molecule has 0 radical (unpaired) electrons. The minimum Gasteiger partial charge on any atom is -0.395 e. The summed E-state index contributed by atoms with van der Waals surface area (Å²) in [6.07, 6.45) is 0. The molecule has 0 amide bonds. The Bertz CT molecular complexity index is 332. The number of hydrogen-bond donors (Lipinski definition) is 1. The molecule has 0 heterocycles. The van der Waals surface area contributed by atoms with Crippen molar-refractivity contribution in [1.29, 1.82) is 0 Å². The maximum atomic E-state index is 12.9. The van der Waals surface area contributed by atoms with E-state index in [1.165, 1.54) is 6.07 Å². The molecule has 0 saturated heterocycles. The van der Waals surface area contributed by atoms with E-state index in [0.717, 1.165) is 5.56 Å². The Kier molecular flexibility index (Phi) is 4.51. The number of halogens is 2. The van der Waals surface area contributed by atoms with E-state index in [1.54, 1.807) is 12.1 Å². The van der Waals surface area contributed by atoms with E-state index in [4.69, 9.17) is 16.7 Å². The molecule has 0 bridgehead atoms. The quantitative estimate of drug-likeness (QED) is 0.860. The van der Waals surface area contributed by atoms with Crippen molar-refractivity contribution in [3.05, 3.63) is 34.6 Å². The first-order chi connectivity index (χ1) is 7.04. The minimum absolute atomic E-state index is 0.0776. The van der Waals surface area contributed by atoms with E-state index in [2.05, 4.69) is 0 Å². The fraction of sp³-hybridized carbons (Fsp3) is 0.455. The van der Waals surface area contributed by atoms with Gasteiger partial charge in [-0.1, -0.05) is 17.7 Å². The number of benzene rings is 1. The summed E-state index contributed by atoms with van der Waals surface area (Å²) in [5, 5.41) is 9.09. The summed E-state index contributed by atoms with van der Waals surface area (Å²) < 4.78 is 12.9. The third kappa shape index (κ3) is 3.45. The van der Waals surface area contributed by atoms with Gasteiger partial charge in [-0.2, -0.15) is 0 Å². The van der Waals surface area contributed by atoms with Gasteiger partial charge in [0.1, 0.15) is 5.82 Å². The Morgan fingerprint density at radius 3 is 2.73 bits per heavy atom. The van der Waals surface area contributed by atoms with Gasteiger partial charge < -0.3 is 5.11 Å². The first kappa shape index (κ1) is 12.4. The molecular weight excluding hydrogens is 217 g/mol. The van der Waals surface area contributed by atoms with Crippen molar-refractivity contribution in [1.82, 2.24) is 4.90 Å². The van der Waals surface area contributed by atoms with Gasteiger partial charge in [0.2, 0.25) is 0 Å². The molecule has 84 valence electrons. The number of rotatable bonds is 4. The Morgan fingerprint density at radius 2 is 2.20 bits per heavy atom. The number of hydrogen-bond acceptors (Lipinski definition) is 2. The van der Waals surface area contributed by atoms with Crippen molar-refractivity contribution >= 4 is 11.6 Å². The molecule has 2 nitrogen and oxygen atoms in total. The van der Waals surface area contributed by atoms with Gasteiger partial charge in [0.25, 0.3) is 0 Å². The first-order valence-electron chi connectivity index (χ1n) is 4.79. The van der Waals surface area contributed by atoms with Crippen molar-refractivity contribution in [2.45, 2.75) is 19.5 Å². The average Bonchev–Trinajstić information content (AvgIpc) is 2.22. The zero-order valence-corrected chi connectivity index (χ0v) is 9.63. The standard InChI is InChI=1S/C11H15ClFNO/c1-8(7-15)14(2)6-9-3-4-11(13)10(12)5-9/h3-5,8,15H,6-7H2,1-2H3. The van der Waals surface area contributed by atoms with E-state index < -0.39 is 5.82 Å². The van der Waals surface area contributed by atoms with Gasteiger partial charge >= 0.3 is 0 Å². The van der Waals surface area contributed by atoms with Crippen LogP contribution >= 0.6 is 11.6 Å². The molecule has 4 heteroatoms. The van der Waals surface area contributed by atoms with Crippen LogP contribution in [0.5, 0.6) is 0 Å². The number of likely N-dealkylation sites (N-methyl/N-ethyl adjacent to an activating group) is 1. The first-order valence-corrected chi connectivity index (χ1v) is 5.17. The highest BCUT2D eigenvalue weighted by Gasteiger charge is 2.09. The van der Waals surface area contributed by atoms with Crippen molar-refractivity contribution < 1.29 is 9.50 Å². The number of nitrogens with zero attached hydrogens (tertiary/aromatic N) is 1. The highest BCUT2D eigenvalue weighted by atomic mass is 35.5. The fourth-order valence-electron chi connectivity index (χ4n) is 1.22. The average molecular weight is 232 g/mol. The molecule has 0 saturated carbocycles. The molecule has 1 atom stereocenters. The van der Waals surface area contributed by atoms with Gasteiger partial charge in [-0.15, -0.1) is 0 Å². The molecule has 0 aliphatic heterocycles. The summed E-state index contributed by atoms with van der Waals surface area (Å²) in [7, 11) is 1.90. The van der Waals surface area contributed by atoms with Gasteiger partial charge in [0.15, 0.2) is 0 Å². The van der Waals surface area contributed by atoms with Crippen LogP contribution in [0.3, 0.4) is 0 Å². The van der Waals surface area contributed by atoms with E-state index in [1.807, 2.05) is 18.9 Å². The third-order valence-corrected chi connectivity index (χ3v) is 2.72. The fourth-order valence-corrected chi connectivity index (χ4v) is 1.42. The van der Waals surface area contributed by atoms with Crippen LogP contribution < -0.4 is 0 Å². The third-order valence-electron chi connectivity index (χ3n) is 2.43. The molecule has 1 N–H and O–H groups in total. The molecule has 1 unspecified atom stereocenters. The number of aliphatic hydroxyl groups excluding tert-OH is 1. The van der Waals surface area contributed by atoms with Crippen LogP contribution in [-0.2, 0) is 6.54 Å². The summed E-state index contributed by atoms with van der Waals surface area (Å²) >= 11 is 5.67. The Labute approximate surface area is 94.3 Å². The minimum atomic E-state index is -0.404. The Hall–Kier alpha value is -0.640. The van der Waals surface area contributed by atoms with Crippen LogP contribution in [0.1, 0.15) is 12.5 Å². The van der Waals surface area contributed by atoms with Crippen molar-refractivity contribution in [3.8, 4) is 0 Å². The van der Waals surface area contributed by atoms with E-state index >= 15 is 0 Å². The Morgan fingerprint density at radius 1 is 1.53 bits per heavy atom. The van der Waals surface area contributed by atoms with E-state index in [9.17, 15) is 4.39 Å². The lowest BCUT2D eigenvalue weighted by atomic mass is 10.2. The summed E-state index contributed by atoms with van der Waals surface area (Å²) in [6, 6.07) is 4.74. The lowest BCUT2D eigenvalue weighted by Crippen LogP contribution is -2.31. The molecule has 15 heavy (non-hydrogen) atoms. The molecule has 0 spiro atoms. The van der Waals surface area contributed by atoms with E-state index in [0.29, 0.717) is 6.54 Å². The smallest absolute Gasteiger partial charge is 0.141 e. The predicted molar refractivity (Wildman–Crippen MR) is 59.4 cm³/mol. The van der Waals surface area contributed by atoms with Crippen molar-refractivity contribution in [2.24, 2.45) is 0 Å². The lowest BCUT2D eigenvalue weighted by Gasteiger charge is -2.22. The monoisotopic (exact) mass is 231 g/mol. The summed E-state index contributed by atoms with van der Waals surface area (Å²) in [5.74, 6) is -0.404. The second-order valence-corrected chi connectivity index (χ2v) is 4.10. The van der Waals surface area contributed by atoms with Crippen LogP contribution in [0.15, 0.2) is 18.2 Å². The molecule has 1 aromatic carbocycles. The molecule has 1 rings (SSSR count).